The van der Waals surface area contributed by atoms with Crippen LogP contribution in [0, 0.1) is 0 Å². The number of fused-ring (bicyclic) bond motifs is 1. The molecule has 0 radical (unpaired) electrons. The van der Waals surface area contributed by atoms with Crippen molar-refractivity contribution < 1.29 is 14.6 Å². The predicted molar refractivity (Wildman–Crippen MR) is 127 cm³/mol. The van der Waals surface area contributed by atoms with Gasteiger partial charge in [-0.2, -0.15) is 0 Å². The molecule has 7 nitrogen and oxygen atoms in total. The first-order valence-electron chi connectivity index (χ1n) is 11.3. The number of β-amino-alcohol motifs (C(OH)–C–C–N with tert-alkyl or cyclic N) is 1. The van der Waals surface area contributed by atoms with E-state index >= 15 is 0 Å². The van der Waals surface area contributed by atoms with E-state index < -0.39 is 6.29 Å². The number of H-pyrrole nitrogens is 1. The molecule has 2 unspecified atom stereocenters. The number of nitrogens with zero attached hydrogens (tertiary/aromatic N) is 3. The molecule has 3 heterocycles. The average Bonchev–Trinajstić information content (AvgIpc) is 3.45. The zero-order valence-corrected chi connectivity index (χ0v) is 18.6. The maximum absolute atomic E-state index is 12.8. The van der Waals surface area contributed by atoms with Crippen molar-refractivity contribution in [1.82, 2.24) is 19.8 Å². The first-order chi connectivity index (χ1) is 16.1. The Morgan fingerprint density at radius 2 is 2.06 bits per heavy atom. The fourth-order valence-electron chi connectivity index (χ4n) is 4.56. The molecule has 1 aromatic heterocycles. The molecule has 2 N–H and O–H groups in total. The van der Waals surface area contributed by atoms with E-state index in [9.17, 15) is 9.90 Å². The van der Waals surface area contributed by atoms with Gasteiger partial charge in [0, 0.05) is 24.4 Å². The molecule has 33 heavy (non-hydrogen) atoms. The molecule has 0 bridgehead atoms. The van der Waals surface area contributed by atoms with Crippen molar-refractivity contribution in [2.75, 3.05) is 26.7 Å². The summed E-state index contributed by atoms with van der Waals surface area (Å²) in [7, 11) is 2.16. The van der Waals surface area contributed by atoms with Gasteiger partial charge in [-0.1, -0.05) is 24.3 Å². The van der Waals surface area contributed by atoms with E-state index in [1.54, 1.807) is 24.3 Å². The number of para-hydroxylation sites is 2. The number of carbonyl (C=O) groups is 1. The van der Waals surface area contributed by atoms with Crippen molar-refractivity contribution in [3.8, 4) is 5.75 Å². The second kappa shape index (κ2) is 9.21. The summed E-state index contributed by atoms with van der Waals surface area (Å²) in [6, 6.07) is 14.8. The zero-order chi connectivity index (χ0) is 22.8. The summed E-state index contributed by atoms with van der Waals surface area (Å²) >= 11 is 0. The lowest BCUT2D eigenvalue weighted by atomic mass is 10.0. The number of likely N-dealkylation sites (tertiary alicyclic amines) is 1. The standard InChI is InChI=1S/C26H28N4O3/c1-29-14-5-9-23(29)19-6-4-15-30(16-19)17-24(31)33-20-12-10-18(11-13-20)25(32)26-27-21-7-2-3-8-22(21)28-26/h2-4,6-8,10-13,16,23-24,31H,5,9,14-15,17H2,1H3,(H,27,28). The van der Waals surface area contributed by atoms with Crippen LogP contribution in [0.15, 0.2) is 72.5 Å². The Hall–Kier alpha value is -3.42. The number of imidazole rings is 1. The van der Waals surface area contributed by atoms with Crippen LogP contribution in [-0.4, -0.2) is 69.7 Å². The van der Waals surface area contributed by atoms with Crippen LogP contribution in [0.3, 0.4) is 0 Å². The van der Waals surface area contributed by atoms with Crippen molar-refractivity contribution in [2.24, 2.45) is 0 Å². The molecule has 5 rings (SSSR count). The molecule has 1 fully saturated rings. The molecule has 3 aromatic rings. The molecule has 0 spiro atoms. The summed E-state index contributed by atoms with van der Waals surface area (Å²) < 4.78 is 5.70. The minimum atomic E-state index is -0.979. The molecule has 7 heteroatoms. The fourth-order valence-corrected chi connectivity index (χ4v) is 4.56. The number of ether oxygens (including phenoxy) is 1. The fraction of sp³-hybridized carbons (Fsp3) is 0.308. The van der Waals surface area contributed by atoms with Gasteiger partial charge in [-0.25, -0.2) is 4.98 Å². The first kappa shape index (κ1) is 21.4. The summed E-state index contributed by atoms with van der Waals surface area (Å²) in [5.74, 6) is 0.627. The van der Waals surface area contributed by atoms with Gasteiger partial charge in [0.25, 0.3) is 0 Å². The van der Waals surface area contributed by atoms with Gasteiger partial charge < -0.3 is 19.7 Å². The van der Waals surface area contributed by atoms with Gasteiger partial charge >= 0.3 is 0 Å². The Morgan fingerprint density at radius 1 is 1.24 bits per heavy atom. The van der Waals surface area contributed by atoms with Crippen LogP contribution in [0.5, 0.6) is 5.75 Å². The van der Waals surface area contributed by atoms with Crippen molar-refractivity contribution in [3.63, 3.8) is 0 Å². The van der Waals surface area contributed by atoms with Crippen LogP contribution in [0.25, 0.3) is 11.0 Å². The average molecular weight is 445 g/mol. The second-order valence-electron chi connectivity index (χ2n) is 8.65. The van der Waals surface area contributed by atoms with E-state index in [1.807, 2.05) is 24.3 Å². The molecule has 0 saturated carbocycles. The maximum atomic E-state index is 12.8. The minimum Gasteiger partial charge on any atom is -0.463 e. The normalized spacial score (nSPS) is 19.6. The third-order valence-corrected chi connectivity index (χ3v) is 6.27. The van der Waals surface area contributed by atoms with Crippen molar-refractivity contribution >= 4 is 16.8 Å². The molecular weight excluding hydrogens is 416 g/mol. The van der Waals surface area contributed by atoms with Crippen LogP contribution < -0.4 is 4.74 Å². The van der Waals surface area contributed by atoms with Crippen molar-refractivity contribution in [3.05, 3.63) is 83.8 Å². The predicted octanol–water partition coefficient (Wildman–Crippen LogP) is 3.34. The number of aliphatic hydroxyl groups is 1. The SMILES string of the molecule is CN1CCCC1C1=CN(CC(O)Oc2ccc(C(=O)c3nc4ccccc4[nH]3)cc2)CC=C1. The number of ketones is 1. The number of hydrogen-bond donors (Lipinski definition) is 2. The Balaban J connectivity index is 1.20. The number of nitrogens with one attached hydrogen (secondary N) is 1. The van der Waals surface area contributed by atoms with E-state index in [0.717, 1.165) is 24.1 Å². The molecular formula is C26H28N4O3. The van der Waals surface area contributed by atoms with Gasteiger partial charge in [-0.15, -0.1) is 0 Å². The molecule has 2 aliphatic heterocycles. The van der Waals surface area contributed by atoms with Gasteiger partial charge in [-0.3, -0.25) is 9.69 Å². The van der Waals surface area contributed by atoms with Gasteiger partial charge in [-0.05, 0) is 68.4 Å². The monoisotopic (exact) mass is 444 g/mol. The van der Waals surface area contributed by atoms with Gasteiger partial charge in [0.1, 0.15) is 5.75 Å². The third kappa shape index (κ3) is 4.69. The summed E-state index contributed by atoms with van der Waals surface area (Å²) in [5, 5.41) is 10.5. The third-order valence-electron chi connectivity index (χ3n) is 6.27. The molecule has 0 amide bonds. The van der Waals surface area contributed by atoms with Crippen LogP contribution in [0.4, 0.5) is 0 Å². The maximum Gasteiger partial charge on any atom is 0.228 e. The highest BCUT2D eigenvalue weighted by atomic mass is 16.6. The number of rotatable bonds is 7. The lowest BCUT2D eigenvalue weighted by molar-refractivity contribution is -0.0320. The second-order valence-corrected chi connectivity index (χ2v) is 8.65. The number of benzene rings is 2. The number of likely N-dealkylation sites (N-methyl/N-ethyl adjacent to an activating group) is 1. The molecule has 0 aliphatic carbocycles. The Bertz CT molecular complexity index is 1160. The van der Waals surface area contributed by atoms with Crippen LogP contribution in [0.1, 0.15) is 29.0 Å². The lowest BCUT2D eigenvalue weighted by Crippen LogP contribution is -2.35. The first-order valence-corrected chi connectivity index (χ1v) is 11.3. The topological polar surface area (TPSA) is 81.7 Å². The number of carbonyl (C=O) groups excluding carboxylic acids is 1. The van der Waals surface area contributed by atoms with Crippen LogP contribution in [-0.2, 0) is 0 Å². The number of aliphatic hydroxyl groups excluding tert-OH is 1. The van der Waals surface area contributed by atoms with Gasteiger partial charge in [0.15, 0.2) is 5.82 Å². The molecule has 2 aliphatic rings. The summed E-state index contributed by atoms with van der Waals surface area (Å²) in [4.78, 5) is 24.6. The Morgan fingerprint density at radius 3 is 2.82 bits per heavy atom. The minimum absolute atomic E-state index is 0.187. The number of aromatic amines is 1. The molecule has 170 valence electrons. The van der Waals surface area contributed by atoms with E-state index in [4.69, 9.17) is 4.74 Å². The number of aromatic nitrogens is 2. The van der Waals surface area contributed by atoms with Gasteiger partial charge in [0.05, 0.1) is 17.6 Å². The molecule has 2 atom stereocenters. The number of hydrogen-bond acceptors (Lipinski definition) is 6. The molecule has 2 aromatic carbocycles. The smallest absolute Gasteiger partial charge is 0.228 e. The zero-order valence-electron chi connectivity index (χ0n) is 18.6. The summed E-state index contributed by atoms with van der Waals surface area (Å²) in [6.45, 7) is 2.23. The highest BCUT2D eigenvalue weighted by molar-refractivity contribution is 6.08. The van der Waals surface area contributed by atoms with E-state index in [2.05, 4.69) is 45.2 Å². The highest BCUT2D eigenvalue weighted by Crippen LogP contribution is 2.25. The lowest BCUT2D eigenvalue weighted by Gasteiger charge is -2.29. The van der Waals surface area contributed by atoms with Crippen molar-refractivity contribution in [2.45, 2.75) is 25.2 Å². The van der Waals surface area contributed by atoms with Gasteiger partial charge in [0.2, 0.25) is 12.1 Å². The quantitative estimate of drug-likeness (QED) is 0.430. The summed E-state index contributed by atoms with van der Waals surface area (Å²) in [5.41, 5.74) is 3.37. The Labute approximate surface area is 193 Å². The van der Waals surface area contributed by atoms with Crippen LogP contribution in [0.2, 0.25) is 0 Å². The van der Waals surface area contributed by atoms with Crippen molar-refractivity contribution in [1.29, 1.82) is 0 Å². The van der Waals surface area contributed by atoms with E-state index in [1.165, 1.54) is 18.4 Å². The Kier molecular flexibility index (Phi) is 5.98. The van der Waals surface area contributed by atoms with E-state index in [0.29, 0.717) is 29.7 Å². The molecule has 1 saturated heterocycles. The van der Waals surface area contributed by atoms with E-state index in [-0.39, 0.29) is 5.78 Å². The highest BCUT2D eigenvalue weighted by Gasteiger charge is 2.25. The van der Waals surface area contributed by atoms with Crippen LogP contribution >= 0.6 is 0 Å². The largest absolute Gasteiger partial charge is 0.463 e. The summed E-state index contributed by atoms with van der Waals surface area (Å²) in [6.07, 6.45) is 7.85.